The van der Waals surface area contributed by atoms with E-state index >= 15 is 0 Å². The molecule has 1 aromatic carbocycles. The molecule has 0 fully saturated rings. The molecule has 0 aliphatic rings. The highest BCUT2D eigenvalue weighted by Crippen LogP contribution is 2.13. The second-order valence-electron chi connectivity index (χ2n) is 3.03. The van der Waals surface area contributed by atoms with Crippen LogP contribution < -0.4 is 10.5 Å². The van der Waals surface area contributed by atoms with Crippen LogP contribution in [-0.2, 0) is 0 Å². The average Bonchev–Trinajstić information content (AvgIpc) is 2.04. The molecule has 0 aliphatic heterocycles. The summed E-state index contributed by atoms with van der Waals surface area (Å²) in [6.45, 7) is 3.75. The molecule has 1 unspecified atom stereocenters. The number of hydrogen-bond donors (Lipinski definition) is 2. The summed E-state index contributed by atoms with van der Waals surface area (Å²) in [5.41, 5.74) is 6.41. The van der Waals surface area contributed by atoms with E-state index in [1.54, 1.807) is 6.92 Å². The van der Waals surface area contributed by atoms with Gasteiger partial charge in [-0.3, -0.25) is 5.41 Å². The van der Waals surface area contributed by atoms with Gasteiger partial charge in [-0.05, 0) is 31.5 Å². The zero-order chi connectivity index (χ0) is 9.84. The van der Waals surface area contributed by atoms with E-state index in [0.29, 0.717) is 0 Å². The molecule has 0 amide bonds. The average molecular weight is 178 g/mol. The molecule has 1 atom stereocenters. The minimum absolute atomic E-state index is 0.0431. The summed E-state index contributed by atoms with van der Waals surface area (Å²) in [5.74, 6) is 0.796. The lowest BCUT2D eigenvalue weighted by atomic mass is 10.2. The van der Waals surface area contributed by atoms with Gasteiger partial charge in [-0.15, -0.1) is 0 Å². The second-order valence-corrected chi connectivity index (χ2v) is 3.03. The van der Waals surface area contributed by atoms with Crippen LogP contribution in [0.2, 0.25) is 0 Å². The number of rotatable bonds is 3. The summed E-state index contributed by atoms with van der Waals surface area (Å²) in [6, 6.07) is 7.68. The van der Waals surface area contributed by atoms with Crippen LogP contribution in [0.25, 0.3) is 0 Å². The first kappa shape index (κ1) is 9.58. The number of hydrogen-bond acceptors (Lipinski definition) is 2. The van der Waals surface area contributed by atoms with Crippen molar-refractivity contribution < 1.29 is 4.74 Å². The SMILES string of the molecule is Cc1cccc(OC(C)C(=N)N)c1. The minimum Gasteiger partial charge on any atom is -0.483 e. The van der Waals surface area contributed by atoms with E-state index in [2.05, 4.69) is 0 Å². The summed E-state index contributed by atoms with van der Waals surface area (Å²) < 4.78 is 5.41. The molecule has 0 radical (unpaired) electrons. The maximum atomic E-state index is 7.16. The zero-order valence-electron chi connectivity index (χ0n) is 7.87. The Morgan fingerprint density at radius 2 is 2.23 bits per heavy atom. The van der Waals surface area contributed by atoms with Crippen LogP contribution >= 0.6 is 0 Å². The molecule has 3 heteroatoms. The van der Waals surface area contributed by atoms with Gasteiger partial charge in [-0.25, -0.2) is 0 Å². The van der Waals surface area contributed by atoms with E-state index in [-0.39, 0.29) is 11.9 Å². The molecule has 0 aromatic heterocycles. The van der Waals surface area contributed by atoms with E-state index in [1.165, 1.54) is 0 Å². The van der Waals surface area contributed by atoms with Gasteiger partial charge < -0.3 is 10.5 Å². The van der Waals surface area contributed by atoms with Gasteiger partial charge in [0, 0.05) is 0 Å². The summed E-state index contributed by atoms with van der Waals surface area (Å²) >= 11 is 0. The van der Waals surface area contributed by atoms with Crippen LogP contribution in [-0.4, -0.2) is 11.9 Å². The van der Waals surface area contributed by atoms with Crippen LogP contribution in [0, 0.1) is 12.3 Å². The molecule has 0 aliphatic carbocycles. The van der Waals surface area contributed by atoms with E-state index in [0.717, 1.165) is 11.3 Å². The quantitative estimate of drug-likeness (QED) is 0.546. The fourth-order valence-electron chi connectivity index (χ4n) is 0.956. The highest BCUT2D eigenvalue weighted by molar-refractivity contribution is 5.81. The van der Waals surface area contributed by atoms with E-state index in [1.807, 2.05) is 31.2 Å². The highest BCUT2D eigenvalue weighted by Gasteiger charge is 2.05. The number of nitrogens with one attached hydrogen (secondary N) is 1. The monoisotopic (exact) mass is 178 g/mol. The van der Waals surface area contributed by atoms with E-state index in [9.17, 15) is 0 Å². The third-order valence-electron chi connectivity index (χ3n) is 1.74. The first-order valence-electron chi connectivity index (χ1n) is 4.17. The van der Waals surface area contributed by atoms with Crippen molar-refractivity contribution in [2.24, 2.45) is 5.73 Å². The fourth-order valence-corrected chi connectivity index (χ4v) is 0.956. The van der Waals surface area contributed by atoms with Crippen molar-refractivity contribution in [2.45, 2.75) is 20.0 Å². The van der Waals surface area contributed by atoms with Crippen LogP contribution in [0.5, 0.6) is 5.75 Å². The van der Waals surface area contributed by atoms with Crippen molar-refractivity contribution >= 4 is 5.84 Å². The largest absolute Gasteiger partial charge is 0.483 e. The number of benzene rings is 1. The Morgan fingerprint density at radius 1 is 1.54 bits per heavy atom. The Labute approximate surface area is 78.0 Å². The first-order valence-corrected chi connectivity index (χ1v) is 4.17. The lowest BCUT2D eigenvalue weighted by molar-refractivity contribution is 0.284. The first-order chi connectivity index (χ1) is 6.09. The van der Waals surface area contributed by atoms with Crippen LogP contribution in [0.4, 0.5) is 0 Å². The van der Waals surface area contributed by atoms with Crippen molar-refractivity contribution in [3.8, 4) is 5.75 Å². The Kier molecular flexibility index (Phi) is 2.90. The Morgan fingerprint density at radius 3 is 2.77 bits per heavy atom. The molecule has 1 rings (SSSR count). The molecule has 0 saturated heterocycles. The van der Waals surface area contributed by atoms with Crippen molar-refractivity contribution in [3.05, 3.63) is 29.8 Å². The number of nitrogens with two attached hydrogens (primary N) is 1. The zero-order valence-corrected chi connectivity index (χ0v) is 7.87. The van der Waals surface area contributed by atoms with Crippen molar-refractivity contribution in [1.82, 2.24) is 0 Å². The van der Waals surface area contributed by atoms with Crippen molar-refractivity contribution in [1.29, 1.82) is 5.41 Å². The van der Waals surface area contributed by atoms with Crippen molar-refractivity contribution in [2.75, 3.05) is 0 Å². The van der Waals surface area contributed by atoms with Gasteiger partial charge in [-0.1, -0.05) is 12.1 Å². The molecule has 0 saturated carbocycles. The fraction of sp³-hybridized carbons (Fsp3) is 0.300. The van der Waals surface area contributed by atoms with Crippen molar-refractivity contribution in [3.63, 3.8) is 0 Å². The Balaban J connectivity index is 2.69. The van der Waals surface area contributed by atoms with Crippen LogP contribution in [0.1, 0.15) is 12.5 Å². The van der Waals surface area contributed by atoms with Gasteiger partial charge in [0.05, 0.1) is 0 Å². The molecule has 3 N–H and O–H groups in total. The topological polar surface area (TPSA) is 59.1 Å². The molecule has 3 nitrogen and oxygen atoms in total. The van der Waals surface area contributed by atoms with Crippen LogP contribution in [0.3, 0.4) is 0 Å². The van der Waals surface area contributed by atoms with Gasteiger partial charge in [0.15, 0.2) is 6.10 Å². The summed E-state index contributed by atoms with van der Waals surface area (Å²) in [6.07, 6.45) is -0.359. The lowest BCUT2D eigenvalue weighted by Gasteiger charge is -2.12. The second kappa shape index (κ2) is 3.94. The molecule has 1 aromatic rings. The molecule has 0 bridgehead atoms. The smallest absolute Gasteiger partial charge is 0.152 e. The van der Waals surface area contributed by atoms with Gasteiger partial charge in [0.25, 0.3) is 0 Å². The van der Waals surface area contributed by atoms with Gasteiger partial charge in [0.1, 0.15) is 11.6 Å². The van der Waals surface area contributed by atoms with Gasteiger partial charge in [-0.2, -0.15) is 0 Å². The van der Waals surface area contributed by atoms with Crippen LogP contribution in [0.15, 0.2) is 24.3 Å². The minimum atomic E-state index is -0.359. The normalized spacial score (nSPS) is 12.2. The maximum absolute atomic E-state index is 7.16. The summed E-state index contributed by atoms with van der Waals surface area (Å²) in [5, 5.41) is 7.16. The molecule has 0 spiro atoms. The van der Waals surface area contributed by atoms with E-state index in [4.69, 9.17) is 15.9 Å². The third kappa shape index (κ3) is 2.78. The summed E-state index contributed by atoms with van der Waals surface area (Å²) in [4.78, 5) is 0. The Hall–Kier alpha value is -1.51. The number of amidine groups is 1. The molecule has 0 heterocycles. The summed E-state index contributed by atoms with van der Waals surface area (Å²) in [7, 11) is 0. The predicted molar refractivity (Wildman–Crippen MR) is 53.2 cm³/mol. The molecular formula is C10H14N2O. The number of ether oxygens (including phenoxy) is 1. The Bertz CT molecular complexity index is 310. The lowest BCUT2D eigenvalue weighted by Crippen LogP contribution is -2.29. The molecule has 13 heavy (non-hydrogen) atoms. The predicted octanol–water partition coefficient (Wildman–Crippen LogP) is 1.70. The molecular weight excluding hydrogens is 164 g/mol. The molecule has 70 valence electrons. The van der Waals surface area contributed by atoms with Gasteiger partial charge in [0.2, 0.25) is 0 Å². The number of aryl methyl sites for hydroxylation is 1. The highest BCUT2D eigenvalue weighted by atomic mass is 16.5. The maximum Gasteiger partial charge on any atom is 0.152 e. The standard InChI is InChI=1S/C10H14N2O/c1-7-4-3-5-9(6-7)13-8(2)10(11)12/h3-6,8H,1-2H3,(H3,11,12). The van der Waals surface area contributed by atoms with Gasteiger partial charge >= 0.3 is 0 Å². The third-order valence-corrected chi connectivity index (χ3v) is 1.74. The van der Waals surface area contributed by atoms with E-state index < -0.39 is 0 Å².